The van der Waals surface area contributed by atoms with Crippen LogP contribution in [0.15, 0.2) is 41.6 Å². The number of nitrogens with zero attached hydrogens (tertiary/aromatic N) is 2. The van der Waals surface area contributed by atoms with Gasteiger partial charge in [-0.15, -0.1) is 0 Å². The van der Waals surface area contributed by atoms with Crippen LogP contribution in [-0.2, 0) is 17.1 Å². The van der Waals surface area contributed by atoms with Gasteiger partial charge in [-0.25, -0.2) is 13.1 Å². The van der Waals surface area contributed by atoms with Crippen LogP contribution in [0.2, 0.25) is 0 Å². The van der Waals surface area contributed by atoms with Crippen LogP contribution in [0.25, 0.3) is 0 Å². The molecule has 0 spiro atoms. The SMILES string of the molecule is CC(=O)c1ccc(S(=O)(=O)N[C@@H](c2cnn(C)c2)C2CC(O)C2)cc1. The van der Waals surface area contributed by atoms with Gasteiger partial charge in [-0.05, 0) is 37.8 Å². The second-order valence-electron chi connectivity index (χ2n) is 6.51. The van der Waals surface area contributed by atoms with E-state index in [1.807, 2.05) is 0 Å². The Hall–Kier alpha value is -2.03. The lowest BCUT2D eigenvalue weighted by Gasteiger charge is -2.37. The van der Waals surface area contributed by atoms with Gasteiger partial charge in [0.15, 0.2) is 5.78 Å². The van der Waals surface area contributed by atoms with Gasteiger partial charge < -0.3 is 5.11 Å². The van der Waals surface area contributed by atoms with E-state index in [1.54, 1.807) is 24.1 Å². The van der Waals surface area contributed by atoms with E-state index < -0.39 is 16.1 Å². The molecule has 8 heteroatoms. The average Bonchev–Trinajstić information content (AvgIpc) is 2.96. The maximum absolute atomic E-state index is 12.7. The molecule has 7 nitrogen and oxygen atoms in total. The summed E-state index contributed by atoms with van der Waals surface area (Å²) >= 11 is 0. The number of carbonyl (C=O) groups is 1. The predicted octanol–water partition coefficient (Wildman–Crippen LogP) is 1.41. The summed E-state index contributed by atoms with van der Waals surface area (Å²) in [7, 11) is -1.99. The number of Topliss-reactive ketones (excluding diaryl/α,β-unsaturated/α-hetero) is 1. The van der Waals surface area contributed by atoms with Gasteiger partial charge in [-0.3, -0.25) is 9.48 Å². The molecular weight excluding hydrogens is 342 g/mol. The molecule has 3 rings (SSSR count). The Balaban J connectivity index is 1.86. The van der Waals surface area contributed by atoms with Crippen LogP contribution in [0.5, 0.6) is 0 Å². The maximum Gasteiger partial charge on any atom is 0.241 e. The molecule has 134 valence electrons. The average molecular weight is 363 g/mol. The number of aliphatic hydroxyl groups excluding tert-OH is 1. The summed E-state index contributed by atoms with van der Waals surface area (Å²) in [4.78, 5) is 11.4. The third-order valence-electron chi connectivity index (χ3n) is 4.56. The van der Waals surface area contributed by atoms with E-state index in [0.29, 0.717) is 18.4 Å². The lowest BCUT2D eigenvalue weighted by molar-refractivity contribution is 0.0280. The lowest BCUT2D eigenvalue weighted by atomic mass is 9.76. The quantitative estimate of drug-likeness (QED) is 0.756. The number of hydrogen-bond acceptors (Lipinski definition) is 5. The molecule has 2 aromatic rings. The van der Waals surface area contributed by atoms with E-state index >= 15 is 0 Å². The van der Waals surface area contributed by atoms with Crippen LogP contribution in [-0.4, -0.2) is 35.2 Å². The van der Waals surface area contributed by atoms with Crippen LogP contribution in [0.1, 0.15) is 41.7 Å². The van der Waals surface area contributed by atoms with Crippen molar-refractivity contribution in [1.82, 2.24) is 14.5 Å². The molecule has 0 radical (unpaired) electrons. The van der Waals surface area contributed by atoms with E-state index in [-0.39, 0.29) is 22.7 Å². The number of benzene rings is 1. The van der Waals surface area contributed by atoms with Gasteiger partial charge in [0.25, 0.3) is 0 Å². The monoisotopic (exact) mass is 363 g/mol. The fourth-order valence-electron chi connectivity index (χ4n) is 3.04. The topological polar surface area (TPSA) is 101 Å². The predicted molar refractivity (Wildman–Crippen MR) is 91.4 cm³/mol. The highest BCUT2D eigenvalue weighted by Crippen LogP contribution is 2.38. The first kappa shape index (κ1) is 17.8. The highest BCUT2D eigenvalue weighted by atomic mass is 32.2. The van der Waals surface area contributed by atoms with Gasteiger partial charge in [-0.1, -0.05) is 12.1 Å². The first-order valence-corrected chi connectivity index (χ1v) is 9.54. The number of ketones is 1. The largest absolute Gasteiger partial charge is 0.393 e. The molecule has 0 aliphatic heterocycles. The Labute approximate surface area is 146 Å². The fraction of sp³-hybridized carbons (Fsp3) is 0.412. The summed E-state index contributed by atoms with van der Waals surface area (Å²) in [6, 6.07) is 5.41. The molecule has 1 aliphatic carbocycles. The van der Waals surface area contributed by atoms with Crippen molar-refractivity contribution in [2.75, 3.05) is 0 Å². The van der Waals surface area contributed by atoms with Gasteiger partial charge in [0.05, 0.1) is 23.2 Å². The van der Waals surface area contributed by atoms with Crippen molar-refractivity contribution in [3.63, 3.8) is 0 Å². The Morgan fingerprint density at radius 1 is 1.32 bits per heavy atom. The van der Waals surface area contributed by atoms with E-state index in [9.17, 15) is 18.3 Å². The van der Waals surface area contributed by atoms with Crippen LogP contribution in [0.4, 0.5) is 0 Å². The van der Waals surface area contributed by atoms with Crippen molar-refractivity contribution >= 4 is 15.8 Å². The summed E-state index contributed by atoms with van der Waals surface area (Å²) in [6.45, 7) is 1.43. The second-order valence-corrected chi connectivity index (χ2v) is 8.23. The zero-order chi connectivity index (χ0) is 18.2. The van der Waals surface area contributed by atoms with E-state index in [0.717, 1.165) is 5.56 Å². The maximum atomic E-state index is 12.7. The van der Waals surface area contributed by atoms with E-state index in [2.05, 4.69) is 9.82 Å². The van der Waals surface area contributed by atoms with E-state index in [4.69, 9.17) is 0 Å². The molecule has 1 aliphatic rings. The number of carbonyl (C=O) groups excluding carboxylic acids is 1. The number of aliphatic hydroxyl groups is 1. The molecule has 1 aromatic heterocycles. The van der Waals surface area contributed by atoms with Crippen molar-refractivity contribution in [3.8, 4) is 0 Å². The number of nitrogens with one attached hydrogen (secondary N) is 1. The molecule has 1 fully saturated rings. The minimum Gasteiger partial charge on any atom is -0.393 e. The van der Waals surface area contributed by atoms with Crippen molar-refractivity contribution in [2.45, 2.75) is 36.8 Å². The molecule has 25 heavy (non-hydrogen) atoms. The first-order chi connectivity index (χ1) is 11.8. The zero-order valence-corrected chi connectivity index (χ0v) is 14.9. The van der Waals surface area contributed by atoms with Crippen molar-refractivity contribution in [1.29, 1.82) is 0 Å². The fourth-order valence-corrected chi connectivity index (χ4v) is 4.34. The molecular formula is C17H21N3O4S. The molecule has 1 atom stereocenters. The van der Waals surface area contributed by atoms with Gasteiger partial charge in [0, 0.05) is 24.4 Å². The molecule has 1 aromatic carbocycles. The van der Waals surface area contributed by atoms with Gasteiger partial charge >= 0.3 is 0 Å². The van der Waals surface area contributed by atoms with Crippen LogP contribution >= 0.6 is 0 Å². The number of rotatable bonds is 6. The summed E-state index contributed by atoms with van der Waals surface area (Å²) < 4.78 is 29.8. The van der Waals surface area contributed by atoms with Gasteiger partial charge in [0.1, 0.15) is 0 Å². The molecule has 0 bridgehead atoms. The summed E-state index contributed by atoms with van der Waals surface area (Å²) in [5.41, 5.74) is 1.23. The minimum absolute atomic E-state index is 0.0190. The summed E-state index contributed by atoms with van der Waals surface area (Å²) in [6.07, 6.45) is 4.12. The minimum atomic E-state index is -3.76. The lowest BCUT2D eigenvalue weighted by Crippen LogP contribution is -2.41. The first-order valence-electron chi connectivity index (χ1n) is 8.06. The molecule has 1 saturated carbocycles. The van der Waals surface area contributed by atoms with E-state index in [1.165, 1.54) is 31.2 Å². The highest BCUT2D eigenvalue weighted by molar-refractivity contribution is 7.89. The molecule has 2 N–H and O–H groups in total. The van der Waals surface area contributed by atoms with Crippen molar-refractivity contribution < 1.29 is 18.3 Å². The molecule has 0 saturated heterocycles. The number of hydrogen-bond donors (Lipinski definition) is 2. The Bertz CT molecular complexity index is 868. The molecule has 0 amide bonds. The normalized spacial score (nSPS) is 21.6. The Kier molecular flexibility index (Phi) is 4.77. The Morgan fingerprint density at radius 3 is 2.44 bits per heavy atom. The summed E-state index contributed by atoms with van der Waals surface area (Å²) in [5, 5.41) is 13.7. The molecule has 0 unspecified atom stereocenters. The summed E-state index contributed by atoms with van der Waals surface area (Å²) in [5.74, 6) is -0.0981. The van der Waals surface area contributed by atoms with Crippen molar-refractivity contribution in [3.05, 3.63) is 47.8 Å². The Morgan fingerprint density at radius 2 is 1.96 bits per heavy atom. The standard InChI is InChI=1S/C17H21N3O4S/c1-11(21)12-3-5-16(6-4-12)25(23,24)19-17(13-7-15(22)8-13)14-9-18-20(2)10-14/h3-6,9-10,13,15,17,19,22H,7-8H2,1-2H3/t13?,15?,17-/m1/s1. The van der Waals surface area contributed by atoms with Gasteiger partial charge in [-0.2, -0.15) is 5.10 Å². The van der Waals surface area contributed by atoms with Crippen LogP contribution < -0.4 is 4.72 Å². The number of aryl methyl sites for hydroxylation is 1. The third-order valence-corrected chi connectivity index (χ3v) is 6.02. The number of sulfonamides is 1. The van der Waals surface area contributed by atoms with Crippen LogP contribution in [0.3, 0.4) is 0 Å². The highest BCUT2D eigenvalue weighted by Gasteiger charge is 2.37. The molecule has 1 heterocycles. The number of aromatic nitrogens is 2. The van der Waals surface area contributed by atoms with Crippen molar-refractivity contribution in [2.24, 2.45) is 13.0 Å². The second kappa shape index (κ2) is 6.70. The van der Waals surface area contributed by atoms with Gasteiger partial charge in [0.2, 0.25) is 10.0 Å². The smallest absolute Gasteiger partial charge is 0.241 e. The van der Waals surface area contributed by atoms with Crippen LogP contribution in [0, 0.1) is 5.92 Å². The zero-order valence-electron chi connectivity index (χ0n) is 14.1. The third kappa shape index (κ3) is 3.81.